The van der Waals surface area contributed by atoms with Crippen LogP contribution in [0.25, 0.3) is 11.0 Å². The molecule has 1 fully saturated rings. The minimum atomic E-state index is -3.19. The number of anilines is 1. The maximum Gasteiger partial charge on any atom is 0.209 e. The third kappa shape index (κ3) is 2.98. The Labute approximate surface area is 123 Å². The highest BCUT2D eigenvalue weighted by molar-refractivity contribution is 7.88. The predicted octanol–water partition coefficient (Wildman–Crippen LogP) is -0.119. The van der Waals surface area contributed by atoms with Gasteiger partial charge in [-0.1, -0.05) is 0 Å². The van der Waals surface area contributed by atoms with E-state index in [0.29, 0.717) is 6.54 Å². The Balaban J connectivity index is 1.88. The first-order chi connectivity index (χ1) is 9.94. The third-order valence-corrected chi connectivity index (χ3v) is 4.37. The van der Waals surface area contributed by atoms with Gasteiger partial charge in [0.05, 0.1) is 17.8 Å². The number of hydrogen-bond acceptors (Lipinski definition) is 6. The first-order valence-electron chi connectivity index (χ1n) is 6.79. The van der Waals surface area contributed by atoms with Crippen molar-refractivity contribution in [1.29, 1.82) is 0 Å². The SMILES string of the molecule is Cn1ncc2c(N3CCCC(NS(C)(=O)=O)C3)ncnc21. The molecule has 0 bridgehead atoms. The van der Waals surface area contributed by atoms with Gasteiger partial charge in [-0.15, -0.1) is 0 Å². The van der Waals surface area contributed by atoms with Crippen molar-refractivity contribution >= 4 is 26.9 Å². The lowest BCUT2D eigenvalue weighted by Gasteiger charge is -2.33. The largest absolute Gasteiger partial charge is 0.354 e. The lowest BCUT2D eigenvalue weighted by molar-refractivity contribution is 0.466. The molecule has 8 nitrogen and oxygen atoms in total. The van der Waals surface area contributed by atoms with Crippen molar-refractivity contribution in [3.63, 3.8) is 0 Å². The molecule has 1 N–H and O–H groups in total. The highest BCUT2D eigenvalue weighted by Gasteiger charge is 2.24. The van der Waals surface area contributed by atoms with Crippen molar-refractivity contribution in [3.8, 4) is 0 Å². The van der Waals surface area contributed by atoms with Gasteiger partial charge in [0.1, 0.15) is 12.1 Å². The number of nitrogens with zero attached hydrogens (tertiary/aromatic N) is 5. The molecule has 0 saturated carbocycles. The van der Waals surface area contributed by atoms with Gasteiger partial charge in [0, 0.05) is 26.2 Å². The second-order valence-electron chi connectivity index (χ2n) is 5.38. The van der Waals surface area contributed by atoms with Crippen molar-refractivity contribution < 1.29 is 8.42 Å². The molecule has 21 heavy (non-hydrogen) atoms. The van der Waals surface area contributed by atoms with E-state index in [0.717, 1.165) is 36.2 Å². The van der Waals surface area contributed by atoms with Crippen LogP contribution < -0.4 is 9.62 Å². The number of piperidine rings is 1. The van der Waals surface area contributed by atoms with Crippen LogP contribution in [-0.2, 0) is 17.1 Å². The average molecular weight is 310 g/mol. The van der Waals surface area contributed by atoms with Crippen LogP contribution in [0.5, 0.6) is 0 Å². The van der Waals surface area contributed by atoms with Crippen molar-refractivity contribution in [3.05, 3.63) is 12.5 Å². The molecule has 1 aliphatic rings. The molecule has 1 aliphatic heterocycles. The van der Waals surface area contributed by atoms with Gasteiger partial charge in [-0.2, -0.15) is 5.10 Å². The Morgan fingerprint density at radius 2 is 2.19 bits per heavy atom. The van der Waals surface area contributed by atoms with Crippen LogP contribution in [0.4, 0.5) is 5.82 Å². The van der Waals surface area contributed by atoms with Gasteiger partial charge in [0.2, 0.25) is 10.0 Å². The smallest absolute Gasteiger partial charge is 0.209 e. The molecule has 9 heteroatoms. The van der Waals surface area contributed by atoms with Gasteiger partial charge < -0.3 is 4.90 Å². The van der Waals surface area contributed by atoms with Crippen LogP contribution in [0, 0.1) is 0 Å². The van der Waals surface area contributed by atoms with E-state index in [-0.39, 0.29) is 6.04 Å². The minimum absolute atomic E-state index is 0.0876. The van der Waals surface area contributed by atoms with Crippen LogP contribution in [0.1, 0.15) is 12.8 Å². The molecule has 114 valence electrons. The number of rotatable bonds is 3. The lowest BCUT2D eigenvalue weighted by atomic mass is 10.1. The monoisotopic (exact) mass is 310 g/mol. The van der Waals surface area contributed by atoms with Gasteiger partial charge in [0.15, 0.2) is 5.65 Å². The zero-order chi connectivity index (χ0) is 15.0. The minimum Gasteiger partial charge on any atom is -0.354 e. The second kappa shape index (κ2) is 5.23. The summed E-state index contributed by atoms with van der Waals surface area (Å²) in [6.07, 6.45) is 6.21. The van der Waals surface area contributed by atoms with E-state index in [9.17, 15) is 8.42 Å². The number of fused-ring (bicyclic) bond motifs is 1. The summed E-state index contributed by atoms with van der Waals surface area (Å²) in [6, 6.07) is -0.0876. The summed E-state index contributed by atoms with van der Waals surface area (Å²) in [7, 11) is -1.36. The fourth-order valence-electron chi connectivity index (χ4n) is 2.77. The summed E-state index contributed by atoms with van der Waals surface area (Å²) in [4.78, 5) is 10.7. The molecule has 0 spiro atoms. The number of sulfonamides is 1. The summed E-state index contributed by atoms with van der Waals surface area (Å²) in [5, 5.41) is 5.09. The zero-order valence-corrected chi connectivity index (χ0v) is 12.8. The molecule has 0 aromatic carbocycles. The number of nitrogens with one attached hydrogen (secondary N) is 1. The number of hydrogen-bond donors (Lipinski definition) is 1. The Kier molecular flexibility index (Phi) is 3.54. The van der Waals surface area contributed by atoms with Crippen molar-refractivity contribution in [2.75, 3.05) is 24.2 Å². The van der Waals surface area contributed by atoms with E-state index in [1.54, 1.807) is 10.9 Å². The van der Waals surface area contributed by atoms with Crippen LogP contribution in [0.15, 0.2) is 12.5 Å². The van der Waals surface area contributed by atoms with Gasteiger partial charge in [-0.05, 0) is 12.8 Å². The molecule has 3 heterocycles. The predicted molar refractivity (Wildman–Crippen MR) is 79.5 cm³/mol. The third-order valence-electron chi connectivity index (χ3n) is 3.61. The van der Waals surface area contributed by atoms with E-state index in [2.05, 4.69) is 24.7 Å². The Bertz CT molecular complexity index is 756. The molecule has 0 radical (unpaired) electrons. The topological polar surface area (TPSA) is 93.0 Å². The highest BCUT2D eigenvalue weighted by Crippen LogP contribution is 2.25. The maximum atomic E-state index is 11.4. The fourth-order valence-corrected chi connectivity index (χ4v) is 3.57. The average Bonchev–Trinajstić information content (AvgIpc) is 2.79. The van der Waals surface area contributed by atoms with E-state index in [1.165, 1.54) is 12.6 Å². The molecule has 3 rings (SSSR count). The molecular weight excluding hydrogens is 292 g/mol. The van der Waals surface area contributed by atoms with E-state index < -0.39 is 10.0 Å². The van der Waals surface area contributed by atoms with Gasteiger partial charge >= 0.3 is 0 Å². The second-order valence-corrected chi connectivity index (χ2v) is 7.16. The molecule has 0 aliphatic carbocycles. The summed E-state index contributed by atoms with van der Waals surface area (Å²) >= 11 is 0. The summed E-state index contributed by atoms with van der Waals surface area (Å²) in [5.74, 6) is 0.813. The standard InChI is InChI=1S/C12H18N6O2S/c1-17-11-10(6-15-17)12(14-8-13-11)18-5-3-4-9(7-18)16-21(2,19)20/h6,8-9,16H,3-5,7H2,1-2H3. The van der Waals surface area contributed by atoms with E-state index in [4.69, 9.17) is 0 Å². The van der Waals surface area contributed by atoms with Crippen molar-refractivity contribution in [1.82, 2.24) is 24.5 Å². The molecule has 1 saturated heterocycles. The molecule has 2 aromatic rings. The van der Waals surface area contributed by atoms with Crippen LogP contribution in [0.2, 0.25) is 0 Å². The van der Waals surface area contributed by atoms with Gasteiger partial charge in [-0.25, -0.2) is 23.1 Å². The van der Waals surface area contributed by atoms with Gasteiger partial charge in [0.25, 0.3) is 0 Å². The quantitative estimate of drug-likeness (QED) is 0.849. The first-order valence-corrected chi connectivity index (χ1v) is 8.68. The molecular formula is C12H18N6O2S. The van der Waals surface area contributed by atoms with E-state index in [1.807, 2.05) is 7.05 Å². The molecule has 1 unspecified atom stereocenters. The lowest BCUT2D eigenvalue weighted by Crippen LogP contribution is -2.47. The molecule has 2 aromatic heterocycles. The highest BCUT2D eigenvalue weighted by atomic mass is 32.2. The fraction of sp³-hybridized carbons (Fsp3) is 0.583. The van der Waals surface area contributed by atoms with Gasteiger partial charge in [-0.3, -0.25) is 4.68 Å². The Hall–Kier alpha value is -1.74. The number of aryl methyl sites for hydroxylation is 1. The van der Waals surface area contributed by atoms with E-state index >= 15 is 0 Å². The Morgan fingerprint density at radius 1 is 1.38 bits per heavy atom. The summed E-state index contributed by atoms with van der Waals surface area (Å²) in [6.45, 7) is 1.46. The van der Waals surface area contributed by atoms with Crippen LogP contribution in [0.3, 0.4) is 0 Å². The van der Waals surface area contributed by atoms with Crippen molar-refractivity contribution in [2.45, 2.75) is 18.9 Å². The molecule has 0 amide bonds. The zero-order valence-electron chi connectivity index (χ0n) is 12.0. The molecule has 1 atom stereocenters. The Morgan fingerprint density at radius 3 is 2.95 bits per heavy atom. The van der Waals surface area contributed by atoms with Crippen LogP contribution >= 0.6 is 0 Å². The maximum absolute atomic E-state index is 11.4. The summed E-state index contributed by atoms with van der Waals surface area (Å²) in [5.41, 5.74) is 0.776. The first kappa shape index (κ1) is 14.2. The normalized spacial score (nSPS) is 20.1. The van der Waals surface area contributed by atoms with Crippen LogP contribution in [-0.4, -0.2) is 53.6 Å². The summed E-state index contributed by atoms with van der Waals surface area (Å²) < 4.78 is 27.2. The van der Waals surface area contributed by atoms with Crippen molar-refractivity contribution in [2.24, 2.45) is 7.05 Å². The number of aromatic nitrogens is 4.